The average Bonchev–Trinajstić information content (AvgIpc) is 3.91. The number of furan rings is 1. The van der Waals surface area contributed by atoms with Crippen LogP contribution in [0.5, 0.6) is 5.75 Å². The van der Waals surface area contributed by atoms with Crippen molar-refractivity contribution in [2.45, 2.75) is 0 Å². The fraction of sp³-hybridized carbons (Fsp3) is 0. The quantitative estimate of drug-likeness (QED) is 0.161. The van der Waals surface area contributed by atoms with Crippen LogP contribution >= 0.6 is 0 Å². The van der Waals surface area contributed by atoms with E-state index in [-0.39, 0.29) is 26.8 Å². The van der Waals surface area contributed by atoms with Crippen LogP contribution in [0.1, 0.15) is 5.56 Å². The molecule has 11 rings (SSSR count). The Hall–Kier alpha value is -7.84. The van der Waals surface area contributed by atoms with E-state index in [9.17, 15) is 10.4 Å². The van der Waals surface area contributed by atoms with E-state index in [1.807, 2.05) is 128 Å². The summed E-state index contributed by atoms with van der Waals surface area (Å²) >= 11 is 0. The number of nitrogens with zero attached hydrogens (tertiary/aromatic N) is 4. The van der Waals surface area contributed by atoms with E-state index in [1.165, 1.54) is 0 Å². The Morgan fingerprint density at radius 1 is 0.581 bits per heavy atom. The van der Waals surface area contributed by atoms with Crippen LogP contribution in [0.25, 0.3) is 106 Å². The van der Waals surface area contributed by atoms with Crippen molar-refractivity contribution in [3.63, 3.8) is 0 Å². The van der Waals surface area contributed by atoms with Crippen molar-refractivity contribution in [2.24, 2.45) is 0 Å². The van der Waals surface area contributed by atoms with Gasteiger partial charge < -0.3 is 9.52 Å². The number of aromatic nitrogens is 3. The van der Waals surface area contributed by atoms with Gasteiger partial charge in [-0.2, -0.15) is 5.26 Å². The summed E-state index contributed by atoms with van der Waals surface area (Å²) in [6.45, 7) is 0. The second kappa shape index (κ2) is 16.0. The minimum atomic E-state index is 0. The Labute approximate surface area is 371 Å². The van der Waals surface area contributed by atoms with Gasteiger partial charge in [-0.25, -0.2) is 4.98 Å². The maximum atomic E-state index is 11.3. The summed E-state index contributed by atoms with van der Waals surface area (Å²) in [6, 6.07) is 68.4. The van der Waals surface area contributed by atoms with E-state index in [1.54, 1.807) is 6.07 Å². The molecule has 0 atom stereocenters. The molecule has 0 bridgehead atoms. The second-order valence-electron chi connectivity index (χ2n) is 14.9. The first-order valence-electron chi connectivity index (χ1n) is 20.0. The molecule has 7 heteroatoms. The summed E-state index contributed by atoms with van der Waals surface area (Å²) in [5, 5.41) is 23.4. The van der Waals surface area contributed by atoms with E-state index >= 15 is 0 Å². The predicted octanol–water partition coefficient (Wildman–Crippen LogP) is 13.7. The van der Waals surface area contributed by atoms with Gasteiger partial charge in [-0.3, -0.25) is 9.55 Å². The van der Waals surface area contributed by atoms with Gasteiger partial charge in [0.05, 0.1) is 39.5 Å². The van der Waals surface area contributed by atoms with Gasteiger partial charge in [-0.05, 0) is 64.0 Å². The summed E-state index contributed by atoms with van der Waals surface area (Å²) in [7, 11) is 0. The number of hydrogen-bond donors (Lipinski definition) is 1. The Kier molecular flexibility index (Phi) is 9.88. The zero-order valence-electron chi connectivity index (χ0n) is 32.9. The number of fused-ring (bicyclic) bond motifs is 4. The molecular formula is C55H33N4O2Pt-. The van der Waals surface area contributed by atoms with Crippen LogP contribution in [0.3, 0.4) is 0 Å². The number of rotatable bonds is 7. The van der Waals surface area contributed by atoms with Gasteiger partial charge in [0, 0.05) is 49.5 Å². The van der Waals surface area contributed by atoms with Crippen molar-refractivity contribution in [2.75, 3.05) is 0 Å². The largest absolute Gasteiger partial charge is 0.507 e. The third-order valence-electron chi connectivity index (χ3n) is 11.3. The second-order valence-corrected chi connectivity index (χ2v) is 14.9. The van der Waals surface area contributed by atoms with Crippen molar-refractivity contribution in [3.8, 4) is 84.7 Å². The van der Waals surface area contributed by atoms with Crippen LogP contribution in [0.4, 0.5) is 0 Å². The molecule has 0 amide bonds. The number of phenolic OH excluding ortho intramolecular Hbond substituents is 1. The predicted molar refractivity (Wildman–Crippen MR) is 244 cm³/mol. The SMILES string of the molecule is N#Cc1ccc2c(oc3c(-c4cc(-c5ccccc5)ccn4)[c-]c(-c4cccc5c4nc(-c4ccccc4O)n5-c4ccccc4-c4ccccc4)cc32)c1-c1ccccc1.[Pt]. The zero-order valence-corrected chi connectivity index (χ0v) is 35.2. The van der Waals surface area contributed by atoms with Crippen LogP contribution in [-0.4, -0.2) is 19.6 Å². The monoisotopic (exact) mass is 976 g/mol. The van der Waals surface area contributed by atoms with E-state index in [0.717, 1.165) is 72.0 Å². The number of aromatic hydroxyl groups is 1. The Morgan fingerprint density at radius 3 is 1.98 bits per heavy atom. The van der Waals surface area contributed by atoms with E-state index < -0.39 is 0 Å². The van der Waals surface area contributed by atoms with Gasteiger partial charge in [0.25, 0.3) is 0 Å². The van der Waals surface area contributed by atoms with E-state index in [2.05, 4.69) is 77.4 Å². The zero-order chi connectivity index (χ0) is 40.9. The van der Waals surface area contributed by atoms with Crippen LogP contribution in [0, 0.1) is 17.4 Å². The number of hydrogen-bond acceptors (Lipinski definition) is 5. The van der Waals surface area contributed by atoms with E-state index in [4.69, 9.17) is 14.4 Å². The molecule has 0 radical (unpaired) electrons. The summed E-state index contributed by atoms with van der Waals surface area (Å²) in [6.07, 6.45) is 1.82. The molecule has 1 N–H and O–H groups in total. The summed E-state index contributed by atoms with van der Waals surface area (Å²) in [4.78, 5) is 10.3. The van der Waals surface area contributed by atoms with Gasteiger partial charge in [-0.15, -0.1) is 17.7 Å². The van der Waals surface area contributed by atoms with Crippen LogP contribution in [-0.2, 0) is 21.1 Å². The molecule has 0 saturated carbocycles. The van der Waals surface area contributed by atoms with Crippen LogP contribution < -0.4 is 0 Å². The molecule has 6 nitrogen and oxygen atoms in total. The Bertz CT molecular complexity index is 3500. The topological polar surface area (TPSA) is 87.9 Å². The van der Waals surface area contributed by atoms with E-state index in [0.29, 0.717) is 39.4 Å². The number of para-hydroxylation sites is 3. The standard InChI is InChI=1S/C55H33N4O2.Pt/c56-34-39-27-28-43-45-31-40(32-46(47-33-38(29-30-57-47)35-15-4-1-5-16-35)53(45)61-54(43)51(39)37-19-8-3-9-20-37)42-23-14-25-49-52(42)58-55(44-22-11-13-26-50(44)60)59(49)48-24-12-10-21-41(48)36-17-6-2-7-18-36;/h1-31,33,60H;/q-1;. The fourth-order valence-electron chi connectivity index (χ4n) is 8.50. The maximum absolute atomic E-state index is 11.3. The van der Waals surface area contributed by atoms with Gasteiger partial charge in [0.15, 0.2) is 0 Å². The first-order chi connectivity index (χ1) is 30.1. The van der Waals surface area contributed by atoms with Gasteiger partial charge in [0.2, 0.25) is 0 Å². The minimum absolute atomic E-state index is 0. The number of benzene rings is 8. The van der Waals surface area contributed by atoms with Crippen molar-refractivity contribution in [1.29, 1.82) is 5.26 Å². The van der Waals surface area contributed by atoms with Crippen molar-refractivity contribution in [3.05, 3.63) is 206 Å². The van der Waals surface area contributed by atoms with Crippen molar-refractivity contribution >= 4 is 33.0 Å². The minimum Gasteiger partial charge on any atom is -0.507 e. The Balaban J connectivity index is 0.00000458. The van der Waals surface area contributed by atoms with Gasteiger partial charge in [-0.1, -0.05) is 157 Å². The molecule has 0 aliphatic carbocycles. The van der Waals surface area contributed by atoms with Crippen LogP contribution in [0.15, 0.2) is 199 Å². The molecule has 0 spiro atoms. The van der Waals surface area contributed by atoms with Crippen LogP contribution in [0.2, 0.25) is 0 Å². The number of phenols is 1. The molecule has 0 aliphatic rings. The summed E-state index contributed by atoms with van der Waals surface area (Å²) in [5.74, 6) is 0.737. The third kappa shape index (κ3) is 6.48. The molecule has 0 aliphatic heterocycles. The fourth-order valence-corrected chi connectivity index (χ4v) is 8.50. The number of imidazole rings is 1. The maximum Gasteiger partial charge on any atom is 0.148 e. The normalized spacial score (nSPS) is 11.1. The first kappa shape index (κ1) is 38.4. The molecule has 296 valence electrons. The molecule has 0 unspecified atom stereocenters. The molecule has 3 heterocycles. The Morgan fingerprint density at radius 2 is 1.24 bits per heavy atom. The first-order valence-corrected chi connectivity index (χ1v) is 20.0. The third-order valence-corrected chi connectivity index (χ3v) is 11.3. The molecular weight excluding hydrogens is 944 g/mol. The van der Waals surface area contributed by atoms with Gasteiger partial charge >= 0.3 is 0 Å². The van der Waals surface area contributed by atoms with Gasteiger partial charge in [0.1, 0.15) is 17.2 Å². The molecule has 0 saturated heterocycles. The molecule has 8 aromatic carbocycles. The average molecular weight is 977 g/mol. The number of nitriles is 1. The van der Waals surface area contributed by atoms with Crippen molar-refractivity contribution < 1.29 is 30.6 Å². The summed E-state index contributed by atoms with van der Waals surface area (Å²) < 4.78 is 9.07. The molecule has 3 aromatic heterocycles. The van der Waals surface area contributed by atoms with Crippen molar-refractivity contribution in [1.82, 2.24) is 14.5 Å². The molecule has 62 heavy (non-hydrogen) atoms. The number of pyridine rings is 1. The molecule has 11 aromatic rings. The molecule has 0 fully saturated rings. The summed E-state index contributed by atoms with van der Waals surface area (Å²) in [5.41, 5.74) is 13.7. The smallest absolute Gasteiger partial charge is 0.148 e.